The topological polar surface area (TPSA) is 0 Å². The quantitative estimate of drug-likeness (QED) is 0.602. The van der Waals surface area contributed by atoms with Crippen molar-refractivity contribution >= 4 is 7.28 Å². The van der Waals surface area contributed by atoms with Gasteiger partial charge in [0.05, 0.1) is 0 Å². The molecule has 15 heavy (non-hydrogen) atoms. The molecule has 0 saturated heterocycles. The molecule has 0 aromatic heterocycles. The van der Waals surface area contributed by atoms with Gasteiger partial charge in [0.2, 0.25) is 0 Å². The van der Waals surface area contributed by atoms with Crippen LogP contribution in [-0.4, -0.2) is 7.28 Å². The molecule has 1 unspecified atom stereocenters. The summed E-state index contributed by atoms with van der Waals surface area (Å²) in [4.78, 5) is 0. The van der Waals surface area contributed by atoms with Crippen LogP contribution in [0.4, 0.5) is 0 Å². The fourth-order valence-corrected chi connectivity index (χ4v) is 1.76. The normalized spacial score (nSPS) is 18.7. The van der Waals surface area contributed by atoms with Crippen LogP contribution in [0.3, 0.4) is 0 Å². The minimum absolute atomic E-state index is 0.612. The second kappa shape index (κ2) is 5.39. The molecule has 0 saturated carbocycles. The Morgan fingerprint density at radius 3 is 2.40 bits per heavy atom. The second-order valence-corrected chi connectivity index (χ2v) is 4.83. The van der Waals surface area contributed by atoms with Gasteiger partial charge in [0.15, 0.2) is 7.28 Å². The lowest BCUT2D eigenvalue weighted by molar-refractivity contribution is 0.671. The highest BCUT2D eigenvalue weighted by Gasteiger charge is 2.10. The molecule has 0 fully saturated rings. The van der Waals surface area contributed by atoms with Gasteiger partial charge in [-0.25, -0.2) is 0 Å². The Hall–Kier alpha value is -0.715. The molecule has 0 aromatic rings. The summed E-state index contributed by atoms with van der Waals surface area (Å²) in [6.07, 6.45) is 5.83. The summed E-state index contributed by atoms with van der Waals surface area (Å²) >= 11 is 0. The van der Waals surface area contributed by atoms with E-state index in [0.717, 1.165) is 0 Å². The lowest BCUT2D eigenvalue weighted by Crippen LogP contribution is -2.03. The van der Waals surface area contributed by atoms with E-state index in [4.69, 9.17) is 0 Å². The Labute approximate surface area is 95.4 Å². The molecule has 1 radical (unpaired) electrons. The third-order valence-corrected chi connectivity index (χ3v) is 3.10. The van der Waals surface area contributed by atoms with Crippen molar-refractivity contribution in [2.24, 2.45) is 11.8 Å². The largest absolute Gasteiger partial charge is 0.176 e. The van der Waals surface area contributed by atoms with Gasteiger partial charge in [-0.2, -0.15) is 0 Å². The molecule has 0 bridgehead atoms. The van der Waals surface area contributed by atoms with Crippen LogP contribution < -0.4 is 0 Å². The van der Waals surface area contributed by atoms with Crippen LogP contribution in [0.5, 0.6) is 0 Å². The van der Waals surface area contributed by atoms with E-state index in [0.29, 0.717) is 11.8 Å². The summed E-state index contributed by atoms with van der Waals surface area (Å²) in [6, 6.07) is 0. The summed E-state index contributed by atoms with van der Waals surface area (Å²) in [5.41, 5.74) is 4.27. The van der Waals surface area contributed by atoms with E-state index in [1.807, 2.05) is 0 Å². The molecule has 0 amide bonds. The maximum Gasteiger partial charge on any atom is 0.176 e. The van der Waals surface area contributed by atoms with Gasteiger partial charge in [0.1, 0.15) is 0 Å². The highest BCUT2D eigenvalue weighted by molar-refractivity contribution is 6.51. The average molecular weight is 201 g/mol. The van der Waals surface area contributed by atoms with Crippen LogP contribution in [0.25, 0.3) is 0 Å². The van der Waals surface area contributed by atoms with Gasteiger partial charge in [0, 0.05) is 0 Å². The standard InChI is InChI=1S/C14H22B/c1-6-12(5)13-7-11(4)8-14(10(2)3)15-9-13/h7-10,12H,6H2,1-5H3. The van der Waals surface area contributed by atoms with Crippen molar-refractivity contribution in [1.82, 2.24) is 0 Å². The number of hydrogen-bond acceptors (Lipinski definition) is 0. The molecule has 1 aliphatic heterocycles. The molecule has 1 heterocycles. The van der Waals surface area contributed by atoms with Crippen molar-refractivity contribution in [2.45, 2.75) is 41.0 Å². The molecule has 0 spiro atoms. The van der Waals surface area contributed by atoms with Crippen LogP contribution in [0, 0.1) is 11.8 Å². The van der Waals surface area contributed by atoms with E-state index < -0.39 is 0 Å². The summed E-state index contributed by atoms with van der Waals surface area (Å²) in [7, 11) is 2.28. The lowest BCUT2D eigenvalue weighted by Gasteiger charge is -2.10. The van der Waals surface area contributed by atoms with Crippen LogP contribution in [-0.2, 0) is 0 Å². The molecule has 0 aromatic carbocycles. The number of allylic oxidation sites excluding steroid dienone is 5. The smallest absolute Gasteiger partial charge is 0.113 e. The molecule has 1 aliphatic rings. The van der Waals surface area contributed by atoms with Gasteiger partial charge < -0.3 is 0 Å². The van der Waals surface area contributed by atoms with Crippen molar-refractivity contribution in [3.63, 3.8) is 0 Å². The van der Waals surface area contributed by atoms with E-state index in [-0.39, 0.29) is 0 Å². The molecule has 1 rings (SSSR count). The summed E-state index contributed by atoms with van der Waals surface area (Å²) < 4.78 is 0. The molecule has 1 atom stereocenters. The number of hydrogen-bond donors (Lipinski definition) is 0. The molecule has 1 heteroatoms. The Balaban J connectivity index is 2.89. The zero-order valence-electron chi connectivity index (χ0n) is 10.7. The summed E-state index contributed by atoms with van der Waals surface area (Å²) in [5.74, 6) is 3.56. The van der Waals surface area contributed by atoms with Crippen molar-refractivity contribution in [1.29, 1.82) is 0 Å². The predicted octanol–water partition coefficient (Wildman–Crippen LogP) is 4.12. The van der Waals surface area contributed by atoms with Crippen LogP contribution >= 0.6 is 0 Å². The minimum Gasteiger partial charge on any atom is -0.113 e. The number of rotatable bonds is 3. The predicted molar refractivity (Wildman–Crippen MR) is 70.0 cm³/mol. The fourth-order valence-electron chi connectivity index (χ4n) is 1.76. The Morgan fingerprint density at radius 2 is 1.87 bits per heavy atom. The first-order valence-electron chi connectivity index (χ1n) is 5.99. The zero-order chi connectivity index (χ0) is 11.4. The summed E-state index contributed by atoms with van der Waals surface area (Å²) in [5, 5.41) is 0. The zero-order valence-corrected chi connectivity index (χ0v) is 10.7. The Bertz CT molecular complexity index is 305. The van der Waals surface area contributed by atoms with Gasteiger partial charge in [0.25, 0.3) is 0 Å². The average Bonchev–Trinajstić information content (AvgIpc) is 2.38. The summed E-state index contributed by atoms with van der Waals surface area (Å²) in [6.45, 7) is 11.2. The Morgan fingerprint density at radius 1 is 1.20 bits per heavy atom. The third kappa shape index (κ3) is 3.41. The van der Waals surface area contributed by atoms with E-state index >= 15 is 0 Å². The van der Waals surface area contributed by atoms with Gasteiger partial charge >= 0.3 is 0 Å². The maximum absolute atomic E-state index is 2.32. The Kier molecular flexibility index (Phi) is 4.44. The van der Waals surface area contributed by atoms with Gasteiger partial charge in [-0.05, 0) is 25.2 Å². The first kappa shape index (κ1) is 12.4. The first-order valence-corrected chi connectivity index (χ1v) is 5.99. The molecule has 81 valence electrons. The second-order valence-electron chi connectivity index (χ2n) is 4.83. The molecular formula is C14H22B. The monoisotopic (exact) mass is 201 g/mol. The highest BCUT2D eigenvalue weighted by atomic mass is 14.1. The van der Waals surface area contributed by atoms with Crippen LogP contribution in [0.1, 0.15) is 41.0 Å². The fraction of sp³-hybridized carbons (Fsp3) is 0.571. The molecule has 0 aliphatic carbocycles. The van der Waals surface area contributed by atoms with Crippen molar-refractivity contribution in [2.75, 3.05) is 0 Å². The first-order chi connectivity index (χ1) is 7.04. The van der Waals surface area contributed by atoms with Gasteiger partial charge in [-0.15, -0.1) is 11.4 Å². The van der Waals surface area contributed by atoms with E-state index in [1.54, 1.807) is 0 Å². The van der Waals surface area contributed by atoms with Crippen molar-refractivity contribution in [3.8, 4) is 0 Å². The third-order valence-electron chi connectivity index (χ3n) is 3.10. The van der Waals surface area contributed by atoms with Gasteiger partial charge in [-0.1, -0.05) is 51.0 Å². The van der Waals surface area contributed by atoms with Crippen LogP contribution in [0.15, 0.2) is 34.7 Å². The van der Waals surface area contributed by atoms with Gasteiger partial charge in [-0.3, -0.25) is 0 Å². The SMILES string of the molecule is CCC(C)C1=C[B]C(C(C)C)=CC(C)=C1. The molecule has 0 nitrogen and oxygen atoms in total. The van der Waals surface area contributed by atoms with E-state index in [9.17, 15) is 0 Å². The van der Waals surface area contributed by atoms with Crippen LogP contribution in [0.2, 0.25) is 0 Å². The van der Waals surface area contributed by atoms with E-state index in [2.05, 4.69) is 60.0 Å². The van der Waals surface area contributed by atoms with Crippen molar-refractivity contribution < 1.29 is 0 Å². The molecular weight excluding hydrogens is 179 g/mol. The highest BCUT2D eigenvalue weighted by Crippen LogP contribution is 2.22. The van der Waals surface area contributed by atoms with Crippen molar-refractivity contribution in [3.05, 3.63) is 34.7 Å². The maximum atomic E-state index is 2.32. The minimum atomic E-state index is 0.612. The lowest BCUT2D eigenvalue weighted by atomic mass is 9.64. The molecule has 0 N–H and O–H groups in total. The van der Waals surface area contributed by atoms with E-state index in [1.165, 1.54) is 23.0 Å².